The van der Waals surface area contributed by atoms with E-state index in [0.717, 1.165) is 36.7 Å². The van der Waals surface area contributed by atoms with E-state index >= 15 is 0 Å². The standard InChI is InChI=1S/C25H24N4O5/c30-20(16-34-21-9-7-17-5-1-2-6-18(17)13-21)15-28-23-14-19(29(32)33)8-10-22(23)26-24(25(28)31)27-11-3-4-12-27/h1-2,5-10,13-14,20,30H,3-4,11-12,15-16H2/t20-/m0/s1. The summed E-state index contributed by atoms with van der Waals surface area (Å²) in [5.74, 6) is 0.916. The monoisotopic (exact) mass is 460 g/mol. The zero-order chi connectivity index (χ0) is 23.7. The van der Waals surface area contributed by atoms with Crippen molar-refractivity contribution in [1.29, 1.82) is 0 Å². The second kappa shape index (κ2) is 9.11. The van der Waals surface area contributed by atoms with E-state index in [-0.39, 0.29) is 24.4 Å². The molecule has 0 amide bonds. The summed E-state index contributed by atoms with van der Waals surface area (Å²) in [5.41, 5.74) is 0.263. The molecule has 3 aromatic carbocycles. The number of anilines is 1. The maximum Gasteiger partial charge on any atom is 0.294 e. The lowest BCUT2D eigenvalue weighted by Gasteiger charge is -2.20. The third-order valence-electron chi connectivity index (χ3n) is 6.09. The van der Waals surface area contributed by atoms with Gasteiger partial charge in [0.2, 0.25) is 0 Å². The summed E-state index contributed by atoms with van der Waals surface area (Å²) in [4.78, 5) is 30.6. The van der Waals surface area contributed by atoms with E-state index in [0.29, 0.717) is 22.6 Å². The zero-order valence-corrected chi connectivity index (χ0v) is 18.5. The molecule has 0 spiro atoms. The van der Waals surface area contributed by atoms with Crippen LogP contribution in [0.3, 0.4) is 0 Å². The molecule has 0 aliphatic carbocycles. The second-order valence-electron chi connectivity index (χ2n) is 8.45. The number of hydrogen-bond donors (Lipinski definition) is 1. The third-order valence-corrected chi connectivity index (χ3v) is 6.09. The van der Waals surface area contributed by atoms with Crippen LogP contribution in [0.1, 0.15) is 12.8 Å². The smallest absolute Gasteiger partial charge is 0.294 e. The van der Waals surface area contributed by atoms with E-state index in [2.05, 4.69) is 4.98 Å². The SMILES string of the molecule is O=c1c(N2CCCC2)nc2ccc([N+](=O)[O-])cc2n1C[C@H](O)COc1ccc2ccccc2c1. The Balaban J connectivity index is 1.44. The van der Waals surface area contributed by atoms with Crippen molar-refractivity contribution in [3.63, 3.8) is 0 Å². The van der Waals surface area contributed by atoms with Crippen LogP contribution in [-0.2, 0) is 6.54 Å². The predicted octanol–water partition coefficient (Wildman–Crippen LogP) is 3.50. The number of benzene rings is 3. The molecule has 1 aromatic heterocycles. The average molecular weight is 460 g/mol. The van der Waals surface area contributed by atoms with Crippen molar-refractivity contribution >= 4 is 33.3 Å². The molecule has 1 aliphatic heterocycles. The lowest BCUT2D eigenvalue weighted by atomic mass is 10.1. The molecule has 0 unspecified atom stereocenters. The first-order valence-corrected chi connectivity index (χ1v) is 11.2. The Bertz CT molecular complexity index is 1430. The molecule has 1 fully saturated rings. The molecule has 0 bridgehead atoms. The normalized spacial score (nSPS) is 14.6. The maximum atomic E-state index is 13.3. The van der Waals surface area contributed by atoms with Crippen molar-refractivity contribution < 1.29 is 14.8 Å². The predicted molar refractivity (Wildman–Crippen MR) is 130 cm³/mol. The number of nitro benzene ring substituents is 1. The molecule has 1 aliphatic rings. The number of hydrogen-bond acceptors (Lipinski definition) is 7. The minimum Gasteiger partial charge on any atom is -0.491 e. The van der Waals surface area contributed by atoms with Crippen molar-refractivity contribution in [3.8, 4) is 5.75 Å². The van der Waals surface area contributed by atoms with E-state index < -0.39 is 11.0 Å². The Labute approximate surface area is 195 Å². The lowest BCUT2D eigenvalue weighted by Crippen LogP contribution is -2.35. The van der Waals surface area contributed by atoms with Gasteiger partial charge < -0.3 is 19.3 Å². The third kappa shape index (κ3) is 4.29. The number of fused-ring (bicyclic) bond motifs is 2. The number of non-ortho nitro benzene ring substituents is 1. The lowest BCUT2D eigenvalue weighted by molar-refractivity contribution is -0.384. The van der Waals surface area contributed by atoms with Crippen molar-refractivity contribution in [2.75, 3.05) is 24.6 Å². The Morgan fingerprint density at radius 2 is 1.82 bits per heavy atom. The van der Waals surface area contributed by atoms with Gasteiger partial charge in [0.15, 0.2) is 5.82 Å². The van der Waals surface area contributed by atoms with Crippen LogP contribution in [0.15, 0.2) is 65.5 Å². The number of rotatable bonds is 7. The first kappa shape index (κ1) is 21.8. The van der Waals surface area contributed by atoms with Crippen molar-refractivity contribution in [1.82, 2.24) is 9.55 Å². The summed E-state index contributed by atoms with van der Waals surface area (Å²) in [6, 6.07) is 17.8. The van der Waals surface area contributed by atoms with E-state index in [1.807, 2.05) is 47.4 Å². The molecule has 4 aromatic rings. The van der Waals surface area contributed by atoms with Crippen LogP contribution in [-0.4, -0.2) is 45.4 Å². The number of nitrogens with zero attached hydrogens (tertiary/aromatic N) is 4. The minimum atomic E-state index is -1.01. The van der Waals surface area contributed by atoms with Crippen molar-refractivity contribution in [3.05, 3.63) is 81.1 Å². The number of ether oxygens (including phenoxy) is 1. The average Bonchev–Trinajstić information content (AvgIpc) is 3.38. The maximum absolute atomic E-state index is 13.3. The van der Waals surface area contributed by atoms with Crippen LogP contribution < -0.4 is 15.2 Å². The highest BCUT2D eigenvalue weighted by atomic mass is 16.6. The number of aromatic nitrogens is 2. The molecule has 5 rings (SSSR count). The van der Waals surface area contributed by atoms with Crippen LogP contribution in [0.25, 0.3) is 21.8 Å². The fraction of sp³-hybridized carbons (Fsp3) is 0.280. The van der Waals surface area contributed by atoms with Crippen molar-refractivity contribution in [2.24, 2.45) is 0 Å². The van der Waals surface area contributed by atoms with E-state index in [1.54, 1.807) is 6.07 Å². The molecule has 9 nitrogen and oxygen atoms in total. The van der Waals surface area contributed by atoms with Crippen molar-refractivity contribution in [2.45, 2.75) is 25.5 Å². The van der Waals surface area contributed by atoms with Gasteiger partial charge in [-0.25, -0.2) is 4.98 Å². The second-order valence-corrected chi connectivity index (χ2v) is 8.45. The van der Waals surface area contributed by atoms with Gasteiger partial charge in [0.25, 0.3) is 11.2 Å². The van der Waals surface area contributed by atoms with E-state index in [4.69, 9.17) is 4.74 Å². The number of aliphatic hydroxyl groups is 1. The van der Waals surface area contributed by atoms with Gasteiger partial charge in [-0.15, -0.1) is 0 Å². The van der Waals surface area contributed by atoms with Gasteiger partial charge in [-0.3, -0.25) is 14.9 Å². The highest BCUT2D eigenvalue weighted by Gasteiger charge is 2.22. The molecule has 1 N–H and O–H groups in total. The quantitative estimate of drug-likeness (QED) is 0.332. The highest BCUT2D eigenvalue weighted by Crippen LogP contribution is 2.23. The van der Waals surface area contributed by atoms with Gasteiger partial charge in [0, 0.05) is 25.2 Å². The Morgan fingerprint density at radius 1 is 1.06 bits per heavy atom. The van der Waals surface area contributed by atoms with Crippen LogP contribution >= 0.6 is 0 Å². The first-order chi connectivity index (χ1) is 16.5. The van der Waals surface area contributed by atoms with Gasteiger partial charge in [-0.1, -0.05) is 30.3 Å². The van der Waals surface area contributed by atoms with Gasteiger partial charge in [0.1, 0.15) is 18.5 Å². The summed E-state index contributed by atoms with van der Waals surface area (Å²) in [7, 11) is 0. The van der Waals surface area contributed by atoms with Gasteiger partial charge in [-0.2, -0.15) is 0 Å². The molecule has 1 atom stereocenters. The first-order valence-electron chi connectivity index (χ1n) is 11.2. The van der Waals surface area contributed by atoms with Crippen LogP contribution in [0.2, 0.25) is 0 Å². The van der Waals surface area contributed by atoms with E-state index in [1.165, 1.54) is 16.7 Å². The number of aliphatic hydroxyl groups excluding tert-OH is 1. The fourth-order valence-electron chi connectivity index (χ4n) is 4.36. The molecule has 34 heavy (non-hydrogen) atoms. The molecular weight excluding hydrogens is 436 g/mol. The van der Waals surface area contributed by atoms with Gasteiger partial charge >= 0.3 is 0 Å². The van der Waals surface area contributed by atoms with E-state index in [9.17, 15) is 20.0 Å². The van der Waals surface area contributed by atoms with Crippen LogP contribution in [0, 0.1) is 10.1 Å². The van der Waals surface area contributed by atoms with Crippen LogP contribution in [0.4, 0.5) is 11.5 Å². The summed E-state index contributed by atoms with van der Waals surface area (Å²) < 4.78 is 7.16. The van der Waals surface area contributed by atoms with Gasteiger partial charge in [0.05, 0.1) is 22.5 Å². The molecule has 0 saturated carbocycles. The highest BCUT2D eigenvalue weighted by molar-refractivity contribution is 5.83. The Morgan fingerprint density at radius 3 is 2.59 bits per heavy atom. The number of nitro groups is 1. The van der Waals surface area contributed by atoms with Gasteiger partial charge in [-0.05, 0) is 41.8 Å². The molecule has 1 saturated heterocycles. The fourth-order valence-corrected chi connectivity index (χ4v) is 4.36. The Hall–Kier alpha value is -3.98. The molecule has 0 radical (unpaired) electrons. The largest absolute Gasteiger partial charge is 0.491 e. The summed E-state index contributed by atoms with van der Waals surface area (Å²) in [6.07, 6.45) is 0.934. The summed E-state index contributed by atoms with van der Waals surface area (Å²) in [6.45, 7) is 1.35. The minimum absolute atomic E-state index is 0.0391. The summed E-state index contributed by atoms with van der Waals surface area (Å²) in [5, 5.41) is 24.2. The zero-order valence-electron chi connectivity index (χ0n) is 18.5. The molecule has 174 valence electrons. The Kier molecular flexibility index (Phi) is 5.85. The molecule has 2 heterocycles. The molecular formula is C25H24N4O5. The molecule has 9 heteroatoms. The summed E-state index contributed by atoms with van der Waals surface area (Å²) >= 11 is 0. The van der Waals surface area contributed by atoms with Crippen LogP contribution in [0.5, 0.6) is 5.75 Å². The topological polar surface area (TPSA) is 111 Å².